The van der Waals surface area contributed by atoms with Crippen molar-refractivity contribution in [2.45, 2.75) is 26.7 Å². The van der Waals surface area contributed by atoms with Gasteiger partial charge in [-0.1, -0.05) is 32.0 Å². The second kappa shape index (κ2) is 11.9. The smallest absolute Gasteiger partial charge is 0.193 e. The van der Waals surface area contributed by atoms with Gasteiger partial charge in [0.15, 0.2) is 5.78 Å². The lowest BCUT2D eigenvalue weighted by molar-refractivity contribution is 0.105. The van der Waals surface area contributed by atoms with Crippen molar-refractivity contribution in [1.29, 1.82) is 0 Å². The predicted molar refractivity (Wildman–Crippen MR) is 145 cm³/mol. The summed E-state index contributed by atoms with van der Waals surface area (Å²) in [5.74, 6) is 2.39. The fourth-order valence-electron chi connectivity index (χ4n) is 4.71. The summed E-state index contributed by atoms with van der Waals surface area (Å²) in [6.07, 6.45) is 1.63. The fourth-order valence-corrected chi connectivity index (χ4v) is 4.71. The Hall–Kier alpha value is -3.57. The molecular formula is C31H35NO4. The number of carbonyl (C=O) groups excluding carboxylic acids is 1. The van der Waals surface area contributed by atoms with Crippen LogP contribution in [-0.2, 0) is 6.42 Å². The summed E-state index contributed by atoms with van der Waals surface area (Å²) >= 11 is 0. The summed E-state index contributed by atoms with van der Waals surface area (Å²) in [7, 11) is 3.32. The Bertz CT molecular complexity index is 1210. The van der Waals surface area contributed by atoms with Crippen LogP contribution in [-0.4, -0.2) is 51.1 Å². The lowest BCUT2D eigenvalue weighted by Gasteiger charge is -2.24. The van der Waals surface area contributed by atoms with Crippen LogP contribution in [0.5, 0.6) is 17.2 Å². The Kier molecular flexibility index (Phi) is 8.44. The van der Waals surface area contributed by atoms with Gasteiger partial charge in [-0.3, -0.25) is 4.79 Å². The van der Waals surface area contributed by atoms with E-state index in [1.807, 2.05) is 66.7 Å². The number of carbonyl (C=O) groups is 1. The van der Waals surface area contributed by atoms with Gasteiger partial charge >= 0.3 is 0 Å². The van der Waals surface area contributed by atoms with Crippen molar-refractivity contribution in [3.63, 3.8) is 0 Å². The number of benzene rings is 3. The van der Waals surface area contributed by atoms with Crippen LogP contribution in [0.2, 0.25) is 0 Å². The molecule has 0 unspecified atom stereocenters. The molecular weight excluding hydrogens is 450 g/mol. The summed E-state index contributed by atoms with van der Waals surface area (Å²) in [5, 5.41) is 0. The van der Waals surface area contributed by atoms with Gasteiger partial charge in [-0.2, -0.15) is 0 Å². The number of ketones is 1. The Morgan fingerprint density at radius 3 is 2.08 bits per heavy atom. The minimum absolute atomic E-state index is 0.0154. The number of allylic oxidation sites excluding steroid dienone is 2. The lowest BCUT2D eigenvalue weighted by atomic mass is 9.79. The monoisotopic (exact) mass is 485 g/mol. The first kappa shape index (κ1) is 25.5. The fraction of sp³-hybridized carbons (Fsp3) is 0.323. The molecule has 1 aliphatic rings. The molecule has 5 heteroatoms. The minimum atomic E-state index is 0.0154. The van der Waals surface area contributed by atoms with E-state index in [4.69, 9.17) is 14.2 Å². The van der Waals surface area contributed by atoms with E-state index in [1.54, 1.807) is 14.2 Å². The average molecular weight is 486 g/mol. The second-order valence-electron chi connectivity index (χ2n) is 8.83. The minimum Gasteiger partial charge on any atom is -0.497 e. The molecule has 4 rings (SSSR count). The van der Waals surface area contributed by atoms with Gasteiger partial charge in [-0.15, -0.1) is 0 Å². The molecule has 188 valence electrons. The van der Waals surface area contributed by atoms with Crippen molar-refractivity contribution in [1.82, 2.24) is 4.90 Å². The number of fused-ring (bicyclic) bond motifs is 1. The van der Waals surface area contributed by atoms with Crippen LogP contribution in [0.25, 0.3) is 11.1 Å². The maximum Gasteiger partial charge on any atom is 0.193 e. The van der Waals surface area contributed by atoms with E-state index in [0.717, 1.165) is 77.6 Å². The van der Waals surface area contributed by atoms with Crippen molar-refractivity contribution in [3.05, 3.63) is 89.0 Å². The highest BCUT2D eigenvalue weighted by Gasteiger charge is 2.26. The van der Waals surface area contributed by atoms with Crippen LogP contribution >= 0.6 is 0 Å². The van der Waals surface area contributed by atoms with Crippen LogP contribution < -0.4 is 14.2 Å². The highest BCUT2D eigenvalue weighted by atomic mass is 16.5. The molecule has 0 spiro atoms. The molecule has 0 N–H and O–H groups in total. The molecule has 0 aliphatic heterocycles. The number of likely N-dealkylation sites (N-methyl/N-ethyl adjacent to an activating group) is 1. The zero-order chi connectivity index (χ0) is 25.5. The van der Waals surface area contributed by atoms with Gasteiger partial charge in [-0.25, -0.2) is 0 Å². The SMILES string of the molecule is CCN(CC)CCOc1ccc(C(=O)C2=C(c3ccc(OC)cc3)CCc3cc(OC)ccc32)cc1. The van der Waals surface area contributed by atoms with E-state index >= 15 is 0 Å². The number of ether oxygens (including phenoxy) is 3. The molecule has 0 saturated carbocycles. The Labute approximate surface area is 214 Å². The first-order valence-corrected chi connectivity index (χ1v) is 12.6. The number of aryl methyl sites for hydroxylation is 1. The summed E-state index contributed by atoms with van der Waals surface area (Å²) in [4.78, 5) is 16.3. The highest BCUT2D eigenvalue weighted by molar-refractivity contribution is 6.35. The van der Waals surface area contributed by atoms with Crippen LogP contribution in [0.3, 0.4) is 0 Å². The van der Waals surface area contributed by atoms with Crippen molar-refractivity contribution >= 4 is 16.9 Å². The lowest BCUT2D eigenvalue weighted by Crippen LogP contribution is -2.27. The molecule has 0 aromatic heterocycles. The van der Waals surface area contributed by atoms with Crippen LogP contribution in [0.1, 0.15) is 47.3 Å². The predicted octanol–water partition coefficient (Wildman–Crippen LogP) is 6.16. The van der Waals surface area contributed by atoms with E-state index in [0.29, 0.717) is 12.2 Å². The van der Waals surface area contributed by atoms with Gasteiger partial charge in [0.25, 0.3) is 0 Å². The topological polar surface area (TPSA) is 48.0 Å². The number of hydrogen-bond donors (Lipinski definition) is 0. The van der Waals surface area contributed by atoms with Crippen molar-refractivity contribution < 1.29 is 19.0 Å². The quantitative estimate of drug-likeness (QED) is 0.304. The van der Waals surface area contributed by atoms with Crippen molar-refractivity contribution in [2.24, 2.45) is 0 Å². The number of nitrogens with zero attached hydrogens (tertiary/aromatic N) is 1. The Balaban J connectivity index is 1.65. The van der Waals surface area contributed by atoms with Crippen molar-refractivity contribution in [3.8, 4) is 17.2 Å². The molecule has 3 aromatic rings. The van der Waals surface area contributed by atoms with Gasteiger partial charge in [0.2, 0.25) is 0 Å². The van der Waals surface area contributed by atoms with Gasteiger partial charge in [0.1, 0.15) is 23.9 Å². The molecule has 5 nitrogen and oxygen atoms in total. The highest BCUT2D eigenvalue weighted by Crippen LogP contribution is 2.40. The van der Waals surface area contributed by atoms with Crippen LogP contribution in [0.15, 0.2) is 66.7 Å². The largest absolute Gasteiger partial charge is 0.497 e. The van der Waals surface area contributed by atoms with Gasteiger partial charge < -0.3 is 19.1 Å². The number of methoxy groups -OCH3 is 2. The third-order valence-electron chi connectivity index (χ3n) is 6.88. The standard InChI is InChI=1S/C31H35NO4/c1-5-32(6-2)19-20-36-26-14-9-23(10-15-26)31(33)30-28(22-7-12-25(34-3)13-8-22)17-11-24-21-27(35-4)16-18-29(24)30/h7-10,12-16,18,21H,5-6,11,17,19-20H2,1-4H3. The second-order valence-corrected chi connectivity index (χ2v) is 8.83. The first-order valence-electron chi connectivity index (χ1n) is 12.6. The number of hydrogen-bond acceptors (Lipinski definition) is 5. The van der Waals surface area contributed by atoms with E-state index in [2.05, 4.69) is 18.7 Å². The third-order valence-corrected chi connectivity index (χ3v) is 6.88. The Morgan fingerprint density at radius 1 is 0.806 bits per heavy atom. The number of rotatable bonds is 11. The molecule has 0 fully saturated rings. The molecule has 0 radical (unpaired) electrons. The maximum absolute atomic E-state index is 14.0. The maximum atomic E-state index is 14.0. The van der Waals surface area contributed by atoms with E-state index in [9.17, 15) is 4.79 Å². The van der Waals surface area contributed by atoms with Gasteiger partial charge in [-0.05, 0) is 96.7 Å². The molecule has 3 aromatic carbocycles. The van der Waals surface area contributed by atoms with E-state index in [-0.39, 0.29) is 5.78 Å². The molecule has 0 heterocycles. The zero-order valence-electron chi connectivity index (χ0n) is 21.7. The van der Waals surface area contributed by atoms with Crippen LogP contribution in [0, 0.1) is 0 Å². The molecule has 0 bridgehead atoms. The number of Topliss-reactive ketones (excluding diaryl/α,β-unsaturated/α-hetero) is 1. The average Bonchev–Trinajstić information content (AvgIpc) is 2.94. The van der Waals surface area contributed by atoms with Crippen LogP contribution in [0.4, 0.5) is 0 Å². The summed E-state index contributed by atoms with van der Waals surface area (Å²) in [6, 6.07) is 21.4. The molecule has 0 atom stereocenters. The van der Waals surface area contributed by atoms with Gasteiger partial charge in [0.05, 0.1) is 14.2 Å². The molecule has 36 heavy (non-hydrogen) atoms. The first-order chi connectivity index (χ1) is 17.6. The zero-order valence-corrected chi connectivity index (χ0v) is 21.7. The summed E-state index contributed by atoms with van der Waals surface area (Å²) < 4.78 is 16.7. The molecule has 0 saturated heterocycles. The van der Waals surface area contributed by atoms with Crippen molar-refractivity contribution in [2.75, 3.05) is 40.5 Å². The Morgan fingerprint density at radius 2 is 1.44 bits per heavy atom. The van der Waals surface area contributed by atoms with E-state index in [1.165, 1.54) is 0 Å². The normalized spacial score (nSPS) is 12.9. The van der Waals surface area contributed by atoms with E-state index < -0.39 is 0 Å². The van der Waals surface area contributed by atoms with Gasteiger partial charge in [0, 0.05) is 17.7 Å². The summed E-state index contributed by atoms with van der Waals surface area (Å²) in [6.45, 7) is 7.82. The summed E-state index contributed by atoms with van der Waals surface area (Å²) in [5.41, 5.74) is 5.59. The molecule has 0 amide bonds. The third kappa shape index (κ3) is 5.63. The molecule has 1 aliphatic carbocycles.